The highest BCUT2D eigenvalue weighted by atomic mass is 79.9. The van der Waals surface area contributed by atoms with Gasteiger partial charge < -0.3 is 27.2 Å². The van der Waals surface area contributed by atoms with Gasteiger partial charge in [0.2, 0.25) is 0 Å². The van der Waals surface area contributed by atoms with E-state index >= 15 is 0 Å². The van der Waals surface area contributed by atoms with Gasteiger partial charge in [-0.2, -0.15) is 0 Å². The van der Waals surface area contributed by atoms with E-state index in [1.165, 1.54) is 184 Å². The van der Waals surface area contributed by atoms with Crippen LogP contribution in [-0.2, 0) is 69.4 Å². The largest absolute Gasteiger partial charge is 0.497 e. The molecule has 0 radical (unpaired) electrons. The minimum atomic E-state index is -1.52. The number of hydrogen-bond donors (Lipinski definition) is 0. The zero-order chi connectivity index (χ0) is 76.0. The number of aryl methyl sites for hydroxylation is 3. The van der Waals surface area contributed by atoms with Crippen LogP contribution in [0.2, 0.25) is 58.9 Å². The maximum atomic E-state index is 5.47. The molecule has 5 aliphatic carbocycles. The van der Waals surface area contributed by atoms with Gasteiger partial charge in [-0.1, -0.05) is 261 Å². The van der Waals surface area contributed by atoms with Crippen LogP contribution in [-0.4, -0.2) is 54.0 Å². The Morgan fingerprint density at radius 3 is 1.08 bits per heavy atom. The molecule has 6 nitrogen and oxygen atoms in total. The third kappa shape index (κ3) is 13.1. The first-order valence-corrected chi connectivity index (χ1v) is 50.8. The predicted molar refractivity (Wildman–Crippen MR) is 475 cm³/mol. The summed E-state index contributed by atoms with van der Waals surface area (Å²) in [4.78, 5) is 0. The summed E-state index contributed by atoms with van der Waals surface area (Å²) in [6.07, 6.45) is 7.66. The summed E-state index contributed by atoms with van der Waals surface area (Å²) in [5.41, 5.74) is 40.6. The summed E-state index contributed by atoms with van der Waals surface area (Å²) in [6.45, 7) is 38.0. The van der Waals surface area contributed by atoms with Gasteiger partial charge in [-0.25, -0.2) is 0 Å². The molecule has 0 atom stereocenters. The molecule has 0 amide bonds. The average molecular weight is 1530 g/mol. The Balaban J connectivity index is 0.000000103. The number of fused-ring (bicyclic) bond motifs is 25. The Morgan fingerprint density at radius 1 is 0.352 bits per heavy atom. The van der Waals surface area contributed by atoms with Gasteiger partial charge in [0.05, 0.1) is 46.0 Å². The molecule has 10 heteroatoms. The van der Waals surface area contributed by atoms with Crippen molar-refractivity contribution in [2.45, 2.75) is 163 Å². The van der Waals surface area contributed by atoms with Gasteiger partial charge in [0.15, 0.2) is 8.24 Å². The summed E-state index contributed by atoms with van der Waals surface area (Å²) >= 11 is 3.58. The number of hydrogen-bond acceptors (Lipinski definition) is 1. The maximum absolute atomic E-state index is 5.47. The van der Waals surface area contributed by atoms with Crippen molar-refractivity contribution in [2.24, 2.45) is 14.1 Å². The number of aromatic nitrogens is 5. The normalized spacial score (nSPS) is 13.4. The highest BCUT2D eigenvalue weighted by Gasteiger charge is 2.35. The summed E-state index contributed by atoms with van der Waals surface area (Å²) < 4.78 is 19.2. The lowest BCUT2D eigenvalue weighted by molar-refractivity contribution is 0.415. The molecule has 0 aliphatic heterocycles. The molecule has 10 aromatic carbocycles. The predicted octanol–water partition coefficient (Wildman–Crippen LogP) is 26.2. The third-order valence-electron chi connectivity index (χ3n) is 23.2. The van der Waals surface area contributed by atoms with Crippen molar-refractivity contribution in [3.63, 3.8) is 0 Å². The standard InChI is InChI=1S/C22H27NSi.C20H23NOSi.C20H23NSi.C20H21N.C16H12BrN/c1-22(2,3)16-11-12-20-18(14-16)19-13-15-9-7-8-10-17(15)21(19)23(20)24(4,5)6;1-22-15-9-10-19-17(12-15)18-11-14-7-5-6-8-16(14)20(18)21(19)13-23(2,3)4;1-14-9-10-19-17(11-14)18-12-15-7-5-6-8-16(15)20(18)21(19)13-22(2,3)4;1-20(2,3)14-9-10-18-16(12-14)17-11-13-7-5-6-8-15(13)19(17)21(18)4;1-18-15-7-6-11(17)9-13(15)14-8-10-4-2-3-5-12(10)16(14)18/h7-12,14H,13H2,1-6H3;5-10,12H,11,13H2,1-4H3;5-11H,12-13H2,1-4H3;5-10,12H,11H2,1-4H3;2-7,9H,8H2,1H3. The van der Waals surface area contributed by atoms with E-state index in [0.29, 0.717) is 0 Å². The van der Waals surface area contributed by atoms with E-state index in [9.17, 15) is 0 Å². The third-order valence-corrected chi connectivity index (χ3v) is 28.0. The molecule has 15 aromatic rings. The molecule has 0 spiro atoms. The number of rotatable bonds is 6. The van der Waals surface area contributed by atoms with Crippen LogP contribution in [0.1, 0.15) is 114 Å². The topological polar surface area (TPSA) is 33.9 Å². The van der Waals surface area contributed by atoms with E-state index in [0.717, 1.165) is 48.5 Å². The Morgan fingerprint density at radius 2 is 0.676 bits per heavy atom. The highest BCUT2D eigenvalue weighted by molar-refractivity contribution is 9.10. The van der Waals surface area contributed by atoms with Gasteiger partial charge in [0, 0.05) is 151 Å². The number of nitrogens with zero attached hydrogens (tertiary/aromatic N) is 5. The van der Waals surface area contributed by atoms with Gasteiger partial charge in [-0.05, 0) is 157 Å². The number of halogens is 1. The first-order chi connectivity index (χ1) is 51.3. The SMILES string of the molecule is CC(C)(C)c1ccc2c(c1)c1c(n2[Si](C)(C)C)-c2ccccc2C1.COc1ccc2c(c1)c1c(n2C[Si](C)(C)C)-c2ccccc2C1.Cc1ccc2c(c1)c1c(n2C[Si](C)(C)C)-c2ccccc2C1.Cn1c2c(c3cc(Br)ccc31)Cc1ccccc1-2.Cn1c2c(c3cc(C(C)(C)C)ccc31)Cc1ccccc1-2. The second-order valence-electron chi connectivity index (χ2n) is 36.8. The van der Waals surface area contributed by atoms with Crippen molar-refractivity contribution < 1.29 is 4.74 Å². The number of benzene rings is 10. The smallest absolute Gasteiger partial charge is 0.153 e. The molecule has 0 saturated heterocycles. The Kier molecular flexibility index (Phi) is 18.3. The molecule has 0 fully saturated rings. The molecule has 5 heterocycles. The molecule has 548 valence electrons. The first kappa shape index (κ1) is 73.0. The van der Waals surface area contributed by atoms with Crippen LogP contribution in [0.25, 0.3) is 111 Å². The fourth-order valence-corrected chi connectivity index (χ4v) is 23.1. The van der Waals surface area contributed by atoms with Crippen LogP contribution in [0, 0.1) is 6.92 Å². The molecule has 108 heavy (non-hydrogen) atoms. The van der Waals surface area contributed by atoms with Crippen LogP contribution in [0.3, 0.4) is 0 Å². The summed E-state index contributed by atoms with van der Waals surface area (Å²) in [6, 6.07) is 78.4. The molecular formula is C98H106BrN5OSi3. The lowest BCUT2D eigenvalue weighted by atomic mass is 9.86. The monoisotopic (exact) mass is 1530 g/mol. The summed E-state index contributed by atoms with van der Waals surface area (Å²) in [5.74, 6) is 0.946. The molecule has 0 saturated carbocycles. The van der Waals surface area contributed by atoms with E-state index in [4.69, 9.17) is 4.74 Å². The molecule has 0 N–H and O–H groups in total. The van der Waals surface area contributed by atoms with Crippen molar-refractivity contribution >= 4 is 94.8 Å². The van der Waals surface area contributed by atoms with Crippen LogP contribution >= 0.6 is 15.9 Å². The van der Waals surface area contributed by atoms with E-state index in [2.05, 4.69) is 372 Å². The van der Waals surface area contributed by atoms with E-state index in [1.54, 1.807) is 12.7 Å². The highest BCUT2D eigenvalue weighted by Crippen LogP contribution is 2.50. The minimum Gasteiger partial charge on any atom is -0.497 e. The number of ether oxygens (including phenoxy) is 1. The zero-order valence-corrected chi connectivity index (χ0v) is 71.8. The van der Waals surface area contributed by atoms with Crippen LogP contribution in [0.15, 0.2) is 217 Å². The molecule has 0 unspecified atom stereocenters. The Labute approximate surface area is 652 Å². The van der Waals surface area contributed by atoms with E-state index in [-0.39, 0.29) is 10.8 Å². The zero-order valence-electron chi connectivity index (χ0n) is 67.2. The van der Waals surface area contributed by atoms with Gasteiger partial charge in [-0.15, -0.1) is 0 Å². The first-order valence-electron chi connectivity index (χ1n) is 39.1. The van der Waals surface area contributed by atoms with E-state index in [1.807, 2.05) is 0 Å². The second-order valence-corrected chi connectivity index (χ2v) is 53.3. The molecule has 20 rings (SSSR count). The molecule has 5 aromatic heterocycles. The fourth-order valence-electron chi connectivity index (χ4n) is 18.3. The minimum absolute atomic E-state index is 0.188. The van der Waals surface area contributed by atoms with Gasteiger partial charge in [-0.3, -0.25) is 0 Å². The van der Waals surface area contributed by atoms with Crippen molar-refractivity contribution in [3.05, 3.63) is 289 Å². The fraction of sp³-hybridized carbons (Fsp3) is 0.286. The molecular weight excluding hydrogens is 1430 g/mol. The van der Waals surface area contributed by atoms with Crippen molar-refractivity contribution in [3.8, 4) is 62.0 Å². The van der Waals surface area contributed by atoms with Crippen molar-refractivity contribution in [2.75, 3.05) is 7.11 Å². The average Bonchev–Trinajstić information content (AvgIpc) is 1.57. The quantitative estimate of drug-likeness (QED) is 0.153. The van der Waals surface area contributed by atoms with E-state index < -0.39 is 24.4 Å². The van der Waals surface area contributed by atoms with Crippen LogP contribution in [0.4, 0.5) is 0 Å². The van der Waals surface area contributed by atoms with Crippen molar-refractivity contribution in [1.82, 2.24) is 22.5 Å². The Bertz CT molecular complexity index is 6110. The molecule has 5 aliphatic rings. The van der Waals surface area contributed by atoms with Gasteiger partial charge in [0.1, 0.15) is 5.75 Å². The second kappa shape index (κ2) is 27.1. The maximum Gasteiger partial charge on any atom is 0.153 e. The Hall–Kier alpha value is -9.17. The molecule has 0 bridgehead atoms. The lowest BCUT2D eigenvalue weighted by Crippen LogP contribution is -2.32. The van der Waals surface area contributed by atoms with Gasteiger partial charge in [0.25, 0.3) is 0 Å². The summed E-state index contributed by atoms with van der Waals surface area (Å²) in [7, 11) is 2.16. The van der Waals surface area contributed by atoms with Crippen LogP contribution in [0.5, 0.6) is 5.75 Å². The number of methoxy groups -OCH3 is 1. The van der Waals surface area contributed by atoms with Crippen LogP contribution < -0.4 is 4.74 Å². The lowest BCUT2D eigenvalue weighted by Gasteiger charge is -2.24. The van der Waals surface area contributed by atoms with Crippen molar-refractivity contribution in [1.29, 1.82) is 0 Å². The summed E-state index contributed by atoms with van der Waals surface area (Å²) in [5, 5.41) is 7.09. The van der Waals surface area contributed by atoms with Gasteiger partial charge >= 0.3 is 0 Å².